The van der Waals surface area contributed by atoms with E-state index in [1.807, 2.05) is 61.5 Å². The van der Waals surface area contributed by atoms with Crippen molar-refractivity contribution in [3.05, 3.63) is 82.4 Å². The molecule has 3 amide bonds. The normalized spacial score (nSPS) is 14.3. The number of hydrogen-bond acceptors (Lipinski definition) is 12. The van der Waals surface area contributed by atoms with Crippen molar-refractivity contribution in [1.29, 1.82) is 0 Å². The van der Waals surface area contributed by atoms with Gasteiger partial charge in [-0.3, -0.25) is 28.4 Å². The molecule has 4 aromatic rings. The molecule has 17 heteroatoms. The smallest absolute Gasteiger partial charge is 0.281 e. The van der Waals surface area contributed by atoms with E-state index in [-0.39, 0.29) is 47.8 Å². The highest BCUT2D eigenvalue weighted by atomic mass is 16.6. The fourth-order valence-corrected chi connectivity index (χ4v) is 6.96. The van der Waals surface area contributed by atoms with Crippen molar-refractivity contribution in [2.45, 2.75) is 57.7 Å². The molecule has 0 radical (unpaired) electrons. The number of ether oxygens (including phenoxy) is 4. The van der Waals surface area contributed by atoms with Gasteiger partial charge >= 0.3 is 0 Å². The van der Waals surface area contributed by atoms with Crippen LogP contribution in [0.1, 0.15) is 50.2 Å². The second-order valence-corrected chi connectivity index (χ2v) is 15.1. The minimum Gasteiger partial charge on any atom is -0.388 e. The average molecular weight is 833 g/mol. The highest BCUT2D eigenvalue weighted by Crippen LogP contribution is 2.28. The summed E-state index contributed by atoms with van der Waals surface area (Å²) in [6.07, 6.45) is 2.59. The molecule has 1 fully saturated rings. The Morgan fingerprint density at radius 1 is 0.833 bits per heavy atom. The largest absolute Gasteiger partial charge is 0.388 e. The number of carbonyl (C=O) groups is 3. The summed E-state index contributed by atoms with van der Waals surface area (Å²) in [6.45, 7) is 9.33. The van der Waals surface area contributed by atoms with E-state index >= 15 is 0 Å². The van der Waals surface area contributed by atoms with Crippen LogP contribution in [-0.2, 0) is 53.5 Å². The number of amides is 3. The van der Waals surface area contributed by atoms with Crippen LogP contribution in [0.2, 0.25) is 0 Å². The van der Waals surface area contributed by atoms with Gasteiger partial charge < -0.3 is 44.9 Å². The van der Waals surface area contributed by atoms with Gasteiger partial charge in [-0.2, -0.15) is 5.10 Å². The lowest BCUT2D eigenvalue weighted by Crippen LogP contribution is -2.49. The first-order valence-electron chi connectivity index (χ1n) is 20.6. The van der Waals surface area contributed by atoms with E-state index in [1.165, 1.54) is 17.8 Å². The number of fused-ring (bicyclic) bond motifs is 1. The quantitative estimate of drug-likeness (QED) is 0.0707. The molecule has 5 rings (SSSR count). The maximum atomic E-state index is 13.6. The molecular formula is C43H60N8O9. The first-order valence-corrected chi connectivity index (χ1v) is 20.6. The molecule has 1 unspecified atom stereocenters. The van der Waals surface area contributed by atoms with Gasteiger partial charge in [-0.15, -0.1) is 0 Å². The number of aromatic nitrogens is 4. The van der Waals surface area contributed by atoms with Crippen molar-refractivity contribution in [2.24, 2.45) is 7.05 Å². The molecule has 1 atom stereocenters. The summed E-state index contributed by atoms with van der Waals surface area (Å²) in [5, 5.41) is 24.6. The van der Waals surface area contributed by atoms with Gasteiger partial charge in [0.2, 0.25) is 17.7 Å². The Morgan fingerprint density at radius 3 is 2.05 bits per heavy atom. The van der Waals surface area contributed by atoms with E-state index in [4.69, 9.17) is 18.9 Å². The van der Waals surface area contributed by atoms with Crippen LogP contribution in [0.25, 0.3) is 22.3 Å². The zero-order valence-electron chi connectivity index (χ0n) is 35.0. The lowest BCUT2D eigenvalue weighted by Gasteiger charge is -2.38. The second kappa shape index (κ2) is 23.7. The predicted octanol–water partition coefficient (Wildman–Crippen LogP) is 1.75. The van der Waals surface area contributed by atoms with Crippen LogP contribution in [0.5, 0.6) is 0 Å². The van der Waals surface area contributed by atoms with Gasteiger partial charge in [-0.25, -0.2) is 4.98 Å². The lowest BCUT2D eigenvalue weighted by molar-refractivity contribution is -0.136. The molecule has 2 aromatic carbocycles. The number of nitrogens with zero attached hydrogens (tertiary/aromatic N) is 5. The van der Waals surface area contributed by atoms with E-state index < -0.39 is 5.60 Å². The topological polar surface area (TPSA) is 200 Å². The van der Waals surface area contributed by atoms with Crippen molar-refractivity contribution in [3.8, 4) is 11.3 Å². The van der Waals surface area contributed by atoms with Crippen molar-refractivity contribution < 1.29 is 38.4 Å². The summed E-state index contributed by atoms with van der Waals surface area (Å²) in [5.41, 5.74) is 2.82. The van der Waals surface area contributed by atoms with Gasteiger partial charge in [0.15, 0.2) is 5.52 Å². The van der Waals surface area contributed by atoms with Crippen LogP contribution < -0.4 is 21.5 Å². The van der Waals surface area contributed by atoms with Crippen LogP contribution in [0.4, 0.5) is 0 Å². The van der Waals surface area contributed by atoms with Crippen molar-refractivity contribution in [2.75, 3.05) is 85.6 Å². The molecule has 0 bridgehead atoms. The molecule has 2 aromatic heterocycles. The van der Waals surface area contributed by atoms with Gasteiger partial charge in [0.25, 0.3) is 5.56 Å². The Kier molecular flexibility index (Phi) is 18.2. The summed E-state index contributed by atoms with van der Waals surface area (Å²) in [6, 6.07) is 17.7. The molecule has 1 aliphatic heterocycles. The molecule has 3 heterocycles. The van der Waals surface area contributed by atoms with Crippen molar-refractivity contribution in [1.82, 2.24) is 40.2 Å². The molecule has 4 N–H and O–H groups in total. The summed E-state index contributed by atoms with van der Waals surface area (Å²) < 4.78 is 24.8. The van der Waals surface area contributed by atoms with E-state index in [0.717, 1.165) is 16.7 Å². The van der Waals surface area contributed by atoms with Gasteiger partial charge in [0, 0.05) is 58.7 Å². The summed E-state index contributed by atoms with van der Waals surface area (Å²) in [5.74, 6) is -0.0581. The van der Waals surface area contributed by atoms with Gasteiger partial charge in [-0.1, -0.05) is 61.5 Å². The van der Waals surface area contributed by atoms with E-state index in [2.05, 4.69) is 26.0 Å². The number of rotatable bonds is 25. The summed E-state index contributed by atoms with van der Waals surface area (Å²) in [7, 11) is 1.77. The Bertz CT molecular complexity index is 2010. The molecular weight excluding hydrogens is 773 g/mol. The minimum atomic E-state index is -1.15. The Balaban J connectivity index is 0.967. The van der Waals surface area contributed by atoms with Crippen molar-refractivity contribution in [3.63, 3.8) is 0 Å². The maximum absolute atomic E-state index is 13.6. The van der Waals surface area contributed by atoms with Crippen LogP contribution in [0, 0.1) is 0 Å². The van der Waals surface area contributed by atoms with E-state index in [0.29, 0.717) is 116 Å². The molecule has 17 nitrogen and oxygen atoms in total. The van der Waals surface area contributed by atoms with Gasteiger partial charge in [-0.05, 0) is 29.9 Å². The fourth-order valence-electron chi connectivity index (χ4n) is 6.96. The third-order valence-corrected chi connectivity index (χ3v) is 10.3. The van der Waals surface area contributed by atoms with Crippen LogP contribution in [0.15, 0.2) is 65.7 Å². The highest BCUT2D eigenvalue weighted by Gasteiger charge is 2.35. The second-order valence-electron chi connectivity index (χ2n) is 15.1. The number of aliphatic hydroxyl groups is 1. The SMILES string of the molecule is CC(=O)NCCOCCOCCOCCOCCNC(=O)CNCc1ccc(-c2c3ncn(CC4(O)CCN(C(=O)CC(C)c5ccccc5)CC4)c(=O)c3nn2C)cc1. The number of piperidine rings is 1. The minimum absolute atomic E-state index is 0.0621. The van der Waals surface area contributed by atoms with E-state index in [1.54, 1.807) is 16.6 Å². The number of likely N-dealkylation sites (tertiary alicyclic amines) is 1. The van der Waals surface area contributed by atoms with Gasteiger partial charge in [0.05, 0.1) is 83.6 Å². The van der Waals surface area contributed by atoms with Gasteiger partial charge in [0.1, 0.15) is 5.52 Å². The summed E-state index contributed by atoms with van der Waals surface area (Å²) >= 11 is 0. The standard InChI is InChI=1S/C43H60N8O9/c1-32(35-7-5-4-6-8-35)27-38(54)50-17-13-43(56,14-18-50)30-51-31-47-39-40(42(51)55)48-49(3)41(39)36-11-9-34(10-12-36)28-44-29-37(53)46-16-20-58-22-24-60-26-25-59-23-21-57-19-15-45-33(2)52/h4-12,31-32,44,56H,13-30H2,1-3H3,(H,45,52)(H,46,53). The molecule has 0 spiro atoms. The number of hydrogen-bond donors (Lipinski definition) is 4. The lowest BCUT2D eigenvalue weighted by atomic mass is 9.90. The first-order chi connectivity index (χ1) is 29.0. The number of aryl methyl sites for hydroxylation is 1. The fraction of sp³-hybridized carbons (Fsp3) is 0.535. The molecule has 1 saturated heterocycles. The van der Waals surface area contributed by atoms with Crippen molar-refractivity contribution >= 4 is 28.8 Å². The third-order valence-electron chi connectivity index (χ3n) is 10.3. The number of carbonyl (C=O) groups excluding carboxylic acids is 3. The zero-order valence-corrected chi connectivity index (χ0v) is 35.0. The summed E-state index contributed by atoms with van der Waals surface area (Å²) in [4.78, 5) is 56.2. The maximum Gasteiger partial charge on any atom is 0.281 e. The number of benzene rings is 2. The molecule has 0 aliphatic carbocycles. The third kappa shape index (κ3) is 14.3. The Hall–Kier alpha value is -5.04. The van der Waals surface area contributed by atoms with Crippen LogP contribution >= 0.6 is 0 Å². The first kappa shape index (κ1) is 46.0. The number of nitrogens with one attached hydrogen (secondary N) is 3. The highest BCUT2D eigenvalue weighted by molar-refractivity contribution is 5.89. The molecule has 0 saturated carbocycles. The zero-order chi connectivity index (χ0) is 42.7. The molecule has 326 valence electrons. The van der Waals surface area contributed by atoms with Crippen LogP contribution in [-0.4, -0.2) is 138 Å². The Labute approximate surface area is 350 Å². The predicted molar refractivity (Wildman–Crippen MR) is 225 cm³/mol. The monoisotopic (exact) mass is 832 g/mol. The van der Waals surface area contributed by atoms with Crippen LogP contribution in [0.3, 0.4) is 0 Å². The molecule has 1 aliphatic rings. The Morgan fingerprint density at radius 2 is 1.43 bits per heavy atom. The van der Waals surface area contributed by atoms with E-state index in [9.17, 15) is 24.3 Å². The average Bonchev–Trinajstić information content (AvgIpc) is 3.58. The molecule has 60 heavy (non-hydrogen) atoms.